The highest BCUT2D eigenvalue weighted by molar-refractivity contribution is 5.67. The summed E-state index contributed by atoms with van der Waals surface area (Å²) in [6.45, 7) is 10.4. The first kappa shape index (κ1) is 18.7. The van der Waals surface area contributed by atoms with Gasteiger partial charge in [0.1, 0.15) is 0 Å². The van der Waals surface area contributed by atoms with Crippen LogP contribution in [0.5, 0.6) is 0 Å². The summed E-state index contributed by atoms with van der Waals surface area (Å²) in [5.74, 6) is 0. The van der Waals surface area contributed by atoms with Crippen molar-refractivity contribution < 1.29 is 0 Å². The lowest BCUT2D eigenvalue weighted by molar-refractivity contribution is 1.20. The monoisotopic (exact) mass is 355 g/mol. The Hall–Kier alpha value is -3.07. The van der Waals surface area contributed by atoms with Gasteiger partial charge in [-0.2, -0.15) is 0 Å². The fourth-order valence-electron chi connectivity index (χ4n) is 2.95. The van der Waals surface area contributed by atoms with E-state index in [1.807, 2.05) is 24.5 Å². The number of aryl methyl sites for hydroxylation is 1. The van der Waals surface area contributed by atoms with E-state index in [0.29, 0.717) is 0 Å². The van der Waals surface area contributed by atoms with Gasteiger partial charge in [0.05, 0.1) is 22.8 Å². The Morgan fingerprint density at radius 1 is 0.667 bits per heavy atom. The molecule has 3 aromatic rings. The van der Waals surface area contributed by atoms with Crippen LogP contribution in [0, 0.1) is 6.92 Å². The minimum absolute atomic E-state index is 0.864. The molecule has 0 aliphatic carbocycles. The van der Waals surface area contributed by atoms with E-state index in [0.717, 1.165) is 39.5 Å². The Morgan fingerprint density at radius 2 is 1.11 bits per heavy atom. The standard InChI is InChI=1S/C24H25N3/c1-16(2)10-19-6-8-25-21(14-19)23-12-18(5)13-24(27-23)22-15-20(7-9-26-22)11-17(3)4/h6-15H,1-5H3. The molecule has 0 amide bonds. The maximum Gasteiger partial charge on any atom is 0.0897 e. The lowest BCUT2D eigenvalue weighted by atomic mass is 10.1. The van der Waals surface area contributed by atoms with Crippen molar-refractivity contribution in [2.45, 2.75) is 34.6 Å². The van der Waals surface area contributed by atoms with Crippen LogP contribution >= 0.6 is 0 Å². The minimum atomic E-state index is 0.864. The summed E-state index contributed by atoms with van der Waals surface area (Å²) in [7, 11) is 0. The average Bonchev–Trinajstić information content (AvgIpc) is 2.60. The number of allylic oxidation sites excluding steroid dienone is 2. The first-order valence-corrected chi connectivity index (χ1v) is 9.12. The topological polar surface area (TPSA) is 38.7 Å². The van der Waals surface area contributed by atoms with Gasteiger partial charge in [-0.15, -0.1) is 0 Å². The second-order valence-corrected chi connectivity index (χ2v) is 7.31. The summed E-state index contributed by atoms with van der Waals surface area (Å²) in [5.41, 5.74) is 9.38. The van der Waals surface area contributed by atoms with Gasteiger partial charge in [-0.25, -0.2) is 4.98 Å². The highest BCUT2D eigenvalue weighted by Crippen LogP contribution is 2.24. The zero-order valence-corrected chi connectivity index (χ0v) is 16.6. The number of hydrogen-bond donors (Lipinski definition) is 0. The Bertz CT molecular complexity index is 942. The molecule has 3 nitrogen and oxygen atoms in total. The maximum absolute atomic E-state index is 4.85. The molecule has 0 fully saturated rings. The summed E-state index contributed by atoms with van der Waals surface area (Å²) >= 11 is 0. The van der Waals surface area contributed by atoms with Crippen molar-refractivity contribution in [3.8, 4) is 22.8 Å². The van der Waals surface area contributed by atoms with Gasteiger partial charge in [0.2, 0.25) is 0 Å². The van der Waals surface area contributed by atoms with Crippen LogP contribution in [0.3, 0.4) is 0 Å². The quantitative estimate of drug-likeness (QED) is 0.546. The van der Waals surface area contributed by atoms with E-state index in [1.54, 1.807) is 0 Å². The molecule has 3 rings (SSSR count). The smallest absolute Gasteiger partial charge is 0.0897 e. The zero-order valence-electron chi connectivity index (χ0n) is 16.6. The van der Waals surface area contributed by atoms with Crippen molar-refractivity contribution in [1.82, 2.24) is 15.0 Å². The molecule has 0 saturated carbocycles. The van der Waals surface area contributed by atoms with Gasteiger partial charge in [0.15, 0.2) is 0 Å². The van der Waals surface area contributed by atoms with Gasteiger partial charge < -0.3 is 0 Å². The van der Waals surface area contributed by atoms with E-state index >= 15 is 0 Å². The van der Waals surface area contributed by atoms with Crippen LogP contribution in [0.2, 0.25) is 0 Å². The van der Waals surface area contributed by atoms with Gasteiger partial charge in [0, 0.05) is 12.4 Å². The molecular formula is C24H25N3. The van der Waals surface area contributed by atoms with Crippen molar-refractivity contribution in [2.24, 2.45) is 0 Å². The van der Waals surface area contributed by atoms with Crippen LogP contribution in [-0.2, 0) is 0 Å². The molecule has 0 atom stereocenters. The Labute approximate surface area is 161 Å². The largest absolute Gasteiger partial charge is 0.255 e. The summed E-state index contributed by atoms with van der Waals surface area (Å²) in [4.78, 5) is 13.9. The van der Waals surface area contributed by atoms with Gasteiger partial charge in [-0.1, -0.05) is 23.3 Å². The summed E-state index contributed by atoms with van der Waals surface area (Å²) < 4.78 is 0. The normalized spacial score (nSPS) is 10.4. The fourth-order valence-corrected chi connectivity index (χ4v) is 2.95. The number of hydrogen-bond acceptors (Lipinski definition) is 3. The Kier molecular flexibility index (Phi) is 5.60. The van der Waals surface area contributed by atoms with Crippen LogP contribution in [0.1, 0.15) is 44.4 Å². The molecule has 0 unspecified atom stereocenters. The van der Waals surface area contributed by atoms with E-state index in [2.05, 4.69) is 81.0 Å². The fraction of sp³-hybridized carbons (Fsp3) is 0.208. The Balaban J connectivity index is 2.06. The highest BCUT2D eigenvalue weighted by atomic mass is 14.8. The van der Waals surface area contributed by atoms with Gasteiger partial charge >= 0.3 is 0 Å². The minimum Gasteiger partial charge on any atom is -0.255 e. The molecule has 3 heteroatoms. The lowest BCUT2D eigenvalue weighted by Gasteiger charge is -2.08. The van der Waals surface area contributed by atoms with E-state index in [4.69, 9.17) is 4.98 Å². The van der Waals surface area contributed by atoms with Crippen LogP contribution in [0.4, 0.5) is 0 Å². The molecule has 0 saturated heterocycles. The van der Waals surface area contributed by atoms with Crippen molar-refractivity contribution in [1.29, 1.82) is 0 Å². The third-order valence-corrected chi connectivity index (χ3v) is 3.97. The average molecular weight is 355 g/mol. The van der Waals surface area contributed by atoms with Gasteiger partial charge in [-0.3, -0.25) is 9.97 Å². The first-order valence-electron chi connectivity index (χ1n) is 9.12. The summed E-state index contributed by atoms with van der Waals surface area (Å²) in [6.07, 6.45) is 7.96. The third-order valence-electron chi connectivity index (χ3n) is 3.97. The molecule has 0 aromatic carbocycles. The number of rotatable bonds is 4. The lowest BCUT2D eigenvalue weighted by Crippen LogP contribution is -1.94. The summed E-state index contributed by atoms with van der Waals surface area (Å²) in [5, 5.41) is 0. The molecule has 3 aromatic heterocycles. The first-order chi connectivity index (χ1) is 12.9. The molecule has 3 heterocycles. The van der Waals surface area contributed by atoms with Crippen molar-refractivity contribution >= 4 is 12.2 Å². The van der Waals surface area contributed by atoms with Crippen LogP contribution in [0.25, 0.3) is 34.9 Å². The molecule has 0 bridgehead atoms. The Morgan fingerprint density at radius 3 is 1.52 bits per heavy atom. The number of aromatic nitrogens is 3. The molecular weight excluding hydrogens is 330 g/mol. The third kappa shape index (κ3) is 4.98. The van der Waals surface area contributed by atoms with Crippen LogP contribution in [0.15, 0.2) is 59.9 Å². The van der Waals surface area contributed by atoms with Crippen LogP contribution in [-0.4, -0.2) is 15.0 Å². The predicted octanol–water partition coefficient (Wildman–Crippen LogP) is 6.36. The predicted molar refractivity (Wildman–Crippen MR) is 114 cm³/mol. The molecule has 0 aliphatic heterocycles. The molecule has 0 spiro atoms. The molecule has 27 heavy (non-hydrogen) atoms. The van der Waals surface area contributed by atoms with E-state index < -0.39 is 0 Å². The molecule has 0 aliphatic rings. The van der Waals surface area contributed by atoms with Gasteiger partial charge in [0.25, 0.3) is 0 Å². The maximum atomic E-state index is 4.85. The van der Waals surface area contributed by atoms with Crippen molar-refractivity contribution in [2.75, 3.05) is 0 Å². The van der Waals surface area contributed by atoms with Crippen LogP contribution < -0.4 is 0 Å². The zero-order chi connectivity index (χ0) is 19.4. The van der Waals surface area contributed by atoms with Crippen molar-refractivity contribution in [3.05, 3.63) is 76.6 Å². The molecule has 136 valence electrons. The van der Waals surface area contributed by atoms with E-state index in [-0.39, 0.29) is 0 Å². The van der Waals surface area contributed by atoms with Gasteiger partial charge in [-0.05, 0) is 87.7 Å². The van der Waals surface area contributed by atoms with E-state index in [1.165, 1.54) is 11.1 Å². The highest BCUT2D eigenvalue weighted by Gasteiger charge is 2.08. The summed E-state index contributed by atoms with van der Waals surface area (Å²) in [6, 6.07) is 12.3. The SMILES string of the molecule is CC(C)=Cc1ccnc(-c2cc(C)cc(-c3cc(C=C(C)C)ccn3)n2)c1. The number of pyridine rings is 3. The van der Waals surface area contributed by atoms with Crippen molar-refractivity contribution in [3.63, 3.8) is 0 Å². The molecule has 0 N–H and O–H groups in total. The second kappa shape index (κ2) is 8.09. The number of nitrogens with zero attached hydrogens (tertiary/aromatic N) is 3. The van der Waals surface area contributed by atoms with E-state index in [9.17, 15) is 0 Å². The molecule has 0 radical (unpaired) electrons. The second-order valence-electron chi connectivity index (χ2n) is 7.31.